The Balaban J connectivity index is 1.80. The molecule has 21 heavy (non-hydrogen) atoms. The van der Waals surface area contributed by atoms with Gasteiger partial charge in [0.2, 0.25) is 10.0 Å². The van der Waals surface area contributed by atoms with Crippen molar-refractivity contribution in [1.29, 1.82) is 0 Å². The lowest BCUT2D eigenvalue weighted by atomic mass is 10.0. The topological polar surface area (TPSA) is 63.4 Å². The molecule has 1 aliphatic rings. The minimum atomic E-state index is -3.32. The minimum absolute atomic E-state index is 0.000205. The van der Waals surface area contributed by atoms with Gasteiger partial charge in [-0.05, 0) is 35.2 Å². The van der Waals surface area contributed by atoms with Crippen LogP contribution in [0, 0.1) is 0 Å². The largest absolute Gasteiger partial charge is 0.399 e. The van der Waals surface area contributed by atoms with Crippen LogP contribution in [0.1, 0.15) is 16.7 Å². The highest BCUT2D eigenvalue weighted by Crippen LogP contribution is 2.23. The SMILES string of the molecule is Nc1cccc(CS(=O)(=O)N2CCc3ccccc3C2)c1. The van der Waals surface area contributed by atoms with Gasteiger partial charge in [-0.25, -0.2) is 8.42 Å². The molecule has 2 aromatic carbocycles. The van der Waals surface area contributed by atoms with Gasteiger partial charge >= 0.3 is 0 Å². The van der Waals surface area contributed by atoms with E-state index in [0.717, 1.165) is 17.5 Å². The number of sulfonamides is 1. The Hall–Kier alpha value is -1.85. The van der Waals surface area contributed by atoms with Gasteiger partial charge in [0, 0.05) is 18.8 Å². The molecule has 0 aromatic heterocycles. The number of hydrogen-bond acceptors (Lipinski definition) is 3. The summed E-state index contributed by atoms with van der Waals surface area (Å²) >= 11 is 0. The van der Waals surface area contributed by atoms with E-state index in [1.54, 1.807) is 28.6 Å². The Labute approximate surface area is 125 Å². The molecule has 0 aliphatic carbocycles. The smallest absolute Gasteiger partial charge is 0.218 e. The van der Waals surface area contributed by atoms with Gasteiger partial charge in [-0.15, -0.1) is 0 Å². The van der Waals surface area contributed by atoms with Crippen LogP contribution in [0.3, 0.4) is 0 Å². The molecule has 0 amide bonds. The zero-order valence-corrected chi connectivity index (χ0v) is 12.5. The van der Waals surface area contributed by atoms with Gasteiger partial charge in [0.15, 0.2) is 0 Å². The van der Waals surface area contributed by atoms with Crippen molar-refractivity contribution in [3.8, 4) is 0 Å². The summed E-state index contributed by atoms with van der Waals surface area (Å²) in [6, 6.07) is 15.1. The first kappa shape index (κ1) is 14.1. The fourth-order valence-electron chi connectivity index (χ4n) is 2.69. The molecule has 4 nitrogen and oxygen atoms in total. The van der Waals surface area contributed by atoms with E-state index in [-0.39, 0.29) is 5.75 Å². The molecule has 1 aliphatic heterocycles. The Morgan fingerprint density at radius 1 is 1.05 bits per heavy atom. The number of hydrogen-bond donors (Lipinski definition) is 1. The molecule has 3 rings (SSSR count). The van der Waals surface area contributed by atoms with Gasteiger partial charge < -0.3 is 5.73 Å². The molecular weight excluding hydrogens is 284 g/mol. The maximum absolute atomic E-state index is 12.6. The van der Waals surface area contributed by atoms with E-state index in [0.29, 0.717) is 18.8 Å². The van der Waals surface area contributed by atoms with Crippen LogP contribution in [0.4, 0.5) is 5.69 Å². The highest BCUT2D eigenvalue weighted by molar-refractivity contribution is 7.88. The molecule has 1 heterocycles. The van der Waals surface area contributed by atoms with Gasteiger partial charge in [-0.1, -0.05) is 36.4 Å². The number of rotatable bonds is 3. The molecule has 0 radical (unpaired) electrons. The number of nitrogens with two attached hydrogens (primary N) is 1. The first-order valence-electron chi connectivity index (χ1n) is 6.94. The second kappa shape index (κ2) is 5.50. The summed E-state index contributed by atoms with van der Waals surface area (Å²) in [5.74, 6) is 0.000205. The first-order chi connectivity index (χ1) is 10.0. The van der Waals surface area contributed by atoms with E-state index in [1.807, 2.05) is 18.2 Å². The Morgan fingerprint density at radius 3 is 2.57 bits per heavy atom. The van der Waals surface area contributed by atoms with Crippen LogP contribution < -0.4 is 5.73 Å². The fraction of sp³-hybridized carbons (Fsp3) is 0.250. The molecule has 0 saturated carbocycles. The number of anilines is 1. The molecular formula is C16H18N2O2S. The average Bonchev–Trinajstić information content (AvgIpc) is 2.46. The van der Waals surface area contributed by atoms with Crippen molar-refractivity contribution in [3.05, 3.63) is 65.2 Å². The maximum Gasteiger partial charge on any atom is 0.218 e. The van der Waals surface area contributed by atoms with Crippen LogP contribution >= 0.6 is 0 Å². The monoisotopic (exact) mass is 302 g/mol. The lowest BCUT2D eigenvalue weighted by Crippen LogP contribution is -2.36. The first-order valence-corrected chi connectivity index (χ1v) is 8.54. The fourth-order valence-corrected chi connectivity index (χ4v) is 4.18. The lowest BCUT2D eigenvalue weighted by molar-refractivity contribution is 0.391. The zero-order valence-electron chi connectivity index (χ0n) is 11.7. The van der Waals surface area contributed by atoms with E-state index < -0.39 is 10.0 Å². The van der Waals surface area contributed by atoms with Gasteiger partial charge in [-0.3, -0.25) is 0 Å². The molecule has 0 bridgehead atoms. The highest BCUT2D eigenvalue weighted by atomic mass is 32.2. The molecule has 0 saturated heterocycles. The van der Waals surface area contributed by atoms with E-state index in [4.69, 9.17) is 5.73 Å². The van der Waals surface area contributed by atoms with Crippen LogP contribution in [0.25, 0.3) is 0 Å². The molecule has 0 unspecified atom stereocenters. The van der Waals surface area contributed by atoms with Crippen molar-refractivity contribution < 1.29 is 8.42 Å². The molecule has 5 heteroatoms. The Bertz CT molecular complexity index is 756. The zero-order chi connectivity index (χ0) is 14.9. The van der Waals surface area contributed by atoms with Crippen LogP contribution in [0.5, 0.6) is 0 Å². The summed E-state index contributed by atoms with van der Waals surface area (Å²) in [6.45, 7) is 1.00. The Kier molecular flexibility index (Phi) is 3.69. The molecule has 110 valence electrons. The van der Waals surface area contributed by atoms with Gasteiger partial charge in [0.05, 0.1) is 5.75 Å². The van der Waals surface area contributed by atoms with E-state index >= 15 is 0 Å². The van der Waals surface area contributed by atoms with E-state index in [9.17, 15) is 8.42 Å². The standard InChI is InChI=1S/C16H18N2O2S/c17-16-7-3-4-13(10-16)12-21(19,20)18-9-8-14-5-1-2-6-15(14)11-18/h1-7,10H,8-9,11-12,17H2. The molecule has 0 atom stereocenters. The summed E-state index contributed by atoms with van der Waals surface area (Å²) in [5.41, 5.74) is 9.37. The van der Waals surface area contributed by atoms with Gasteiger partial charge in [0.1, 0.15) is 0 Å². The number of nitrogen functional groups attached to an aromatic ring is 1. The molecule has 0 spiro atoms. The van der Waals surface area contributed by atoms with Crippen molar-refractivity contribution in [3.63, 3.8) is 0 Å². The van der Waals surface area contributed by atoms with E-state index in [2.05, 4.69) is 6.07 Å². The van der Waals surface area contributed by atoms with Crippen molar-refractivity contribution in [2.24, 2.45) is 0 Å². The van der Waals surface area contributed by atoms with Crippen molar-refractivity contribution in [1.82, 2.24) is 4.31 Å². The summed E-state index contributed by atoms with van der Waals surface area (Å²) in [5, 5.41) is 0. The predicted octanol–water partition coefficient (Wildman–Crippen LogP) is 2.16. The average molecular weight is 302 g/mol. The second-order valence-corrected chi connectivity index (χ2v) is 7.32. The van der Waals surface area contributed by atoms with Crippen molar-refractivity contribution in [2.75, 3.05) is 12.3 Å². The number of fused-ring (bicyclic) bond motifs is 1. The highest BCUT2D eigenvalue weighted by Gasteiger charge is 2.26. The van der Waals surface area contributed by atoms with Crippen LogP contribution in [0.2, 0.25) is 0 Å². The molecule has 2 aromatic rings. The van der Waals surface area contributed by atoms with Crippen LogP contribution in [-0.2, 0) is 28.7 Å². The number of nitrogens with zero attached hydrogens (tertiary/aromatic N) is 1. The summed E-state index contributed by atoms with van der Waals surface area (Å²) in [4.78, 5) is 0. The van der Waals surface area contributed by atoms with Crippen LogP contribution in [-0.4, -0.2) is 19.3 Å². The van der Waals surface area contributed by atoms with E-state index in [1.165, 1.54) is 5.56 Å². The lowest BCUT2D eigenvalue weighted by Gasteiger charge is -2.28. The summed E-state index contributed by atoms with van der Waals surface area (Å²) in [7, 11) is -3.32. The molecule has 0 fully saturated rings. The third-order valence-electron chi connectivity index (χ3n) is 3.79. The third-order valence-corrected chi connectivity index (χ3v) is 5.59. The number of benzene rings is 2. The van der Waals surface area contributed by atoms with Gasteiger partial charge in [0.25, 0.3) is 0 Å². The Morgan fingerprint density at radius 2 is 1.81 bits per heavy atom. The molecule has 2 N–H and O–H groups in total. The second-order valence-electron chi connectivity index (χ2n) is 5.35. The quantitative estimate of drug-likeness (QED) is 0.884. The third kappa shape index (κ3) is 3.09. The predicted molar refractivity (Wildman–Crippen MR) is 84.0 cm³/mol. The summed E-state index contributed by atoms with van der Waals surface area (Å²) in [6.07, 6.45) is 0.770. The normalized spacial score (nSPS) is 15.6. The summed E-state index contributed by atoms with van der Waals surface area (Å²) < 4.78 is 26.7. The minimum Gasteiger partial charge on any atom is -0.399 e. The van der Waals surface area contributed by atoms with Crippen molar-refractivity contribution >= 4 is 15.7 Å². The van der Waals surface area contributed by atoms with Crippen molar-refractivity contribution in [2.45, 2.75) is 18.7 Å². The maximum atomic E-state index is 12.6. The van der Waals surface area contributed by atoms with Crippen LogP contribution in [0.15, 0.2) is 48.5 Å². The van der Waals surface area contributed by atoms with Gasteiger partial charge in [-0.2, -0.15) is 4.31 Å².